The molecule has 0 aromatic carbocycles. The van der Waals surface area contributed by atoms with E-state index in [0.717, 1.165) is 32.4 Å². The van der Waals surface area contributed by atoms with Crippen LogP contribution in [0.15, 0.2) is 25.3 Å². The molecule has 18 heavy (non-hydrogen) atoms. The van der Waals surface area contributed by atoms with E-state index in [2.05, 4.69) is 18.5 Å². The predicted octanol–water partition coefficient (Wildman–Crippen LogP) is -1.03. The summed E-state index contributed by atoms with van der Waals surface area (Å²) in [5, 5.41) is 10.7. The lowest BCUT2D eigenvalue weighted by atomic mass is 9.96. The maximum atomic E-state index is 10.3. The SMILES string of the molecule is C=CCC(CC=C)CCC[NH2+]CCCC(=O)O.[Cl-]. The molecule has 0 aromatic rings. The first-order valence-electron chi connectivity index (χ1n) is 6.46. The second-order valence-electron chi connectivity index (χ2n) is 4.42. The largest absolute Gasteiger partial charge is 1.00 e. The van der Waals surface area contributed by atoms with Crippen molar-refractivity contribution in [1.29, 1.82) is 0 Å². The number of nitrogens with two attached hydrogens (primary N) is 1. The number of allylic oxidation sites excluding steroid dienone is 2. The Morgan fingerprint density at radius 1 is 1.17 bits per heavy atom. The fourth-order valence-electron chi connectivity index (χ4n) is 1.90. The second-order valence-corrected chi connectivity index (χ2v) is 4.42. The van der Waals surface area contributed by atoms with Gasteiger partial charge >= 0.3 is 5.97 Å². The Morgan fingerprint density at radius 3 is 2.22 bits per heavy atom. The van der Waals surface area contributed by atoms with Gasteiger partial charge in [-0.2, -0.15) is 0 Å². The average molecular weight is 276 g/mol. The van der Waals surface area contributed by atoms with Gasteiger partial charge in [0.05, 0.1) is 19.5 Å². The van der Waals surface area contributed by atoms with Crippen molar-refractivity contribution in [2.45, 2.75) is 38.5 Å². The molecule has 0 amide bonds. The van der Waals surface area contributed by atoms with Gasteiger partial charge in [-0.25, -0.2) is 0 Å². The maximum absolute atomic E-state index is 10.3. The highest BCUT2D eigenvalue weighted by atomic mass is 35.5. The van der Waals surface area contributed by atoms with Crippen LogP contribution in [0.5, 0.6) is 0 Å². The Hall–Kier alpha value is -0.800. The minimum atomic E-state index is -0.699. The third-order valence-electron chi connectivity index (χ3n) is 2.82. The topological polar surface area (TPSA) is 53.9 Å². The summed E-state index contributed by atoms with van der Waals surface area (Å²) in [7, 11) is 0. The number of halogens is 1. The molecule has 4 heteroatoms. The van der Waals surface area contributed by atoms with Crippen LogP contribution in [0.1, 0.15) is 38.5 Å². The van der Waals surface area contributed by atoms with Crippen LogP contribution in [0.4, 0.5) is 0 Å². The van der Waals surface area contributed by atoms with Gasteiger partial charge in [-0.15, -0.1) is 13.2 Å². The molecule has 0 aliphatic carbocycles. The number of aliphatic carboxylic acids is 1. The van der Waals surface area contributed by atoms with Gasteiger partial charge in [0.2, 0.25) is 0 Å². The van der Waals surface area contributed by atoms with Crippen LogP contribution in [-0.4, -0.2) is 24.2 Å². The van der Waals surface area contributed by atoms with Crippen molar-refractivity contribution >= 4 is 5.97 Å². The Balaban J connectivity index is 0. The Labute approximate surface area is 117 Å². The maximum Gasteiger partial charge on any atom is 0.303 e. The van der Waals surface area contributed by atoms with Crippen molar-refractivity contribution in [1.82, 2.24) is 0 Å². The smallest absolute Gasteiger partial charge is 0.303 e. The van der Waals surface area contributed by atoms with Gasteiger partial charge in [-0.1, -0.05) is 12.2 Å². The molecule has 0 aliphatic heterocycles. The number of carbonyl (C=O) groups is 1. The van der Waals surface area contributed by atoms with E-state index in [1.165, 1.54) is 12.8 Å². The summed E-state index contributed by atoms with van der Waals surface area (Å²) < 4.78 is 0. The van der Waals surface area contributed by atoms with E-state index < -0.39 is 5.97 Å². The monoisotopic (exact) mass is 275 g/mol. The van der Waals surface area contributed by atoms with E-state index in [4.69, 9.17) is 5.11 Å². The van der Waals surface area contributed by atoms with Crippen molar-refractivity contribution in [3.63, 3.8) is 0 Å². The van der Waals surface area contributed by atoms with Crippen LogP contribution in [-0.2, 0) is 4.79 Å². The van der Waals surface area contributed by atoms with E-state index in [1.54, 1.807) is 0 Å². The molecule has 0 bridgehead atoms. The van der Waals surface area contributed by atoms with Crippen molar-refractivity contribution < 1.29 is 27.6 Å². The predicted molar refractivity (Wildman–Crippen MR) is 70.9 cm³/mol. The fourth-order valence-corrected chi connectivity index (χ4v) is 1.90. The highest BCUT2D eigenvalue weighted by Crippen LogP contribution is 2.15. The molecule has 0 saturated carbocycles. The third kappa shape index (κ3) is 13.3. The van der Waals surface area contributed by atoms with E-state index in [9.17, 15) is 4.79 Å². The van der Waals surface area contributed by atoms with Gasteiger partial charge < -0.3 is 22.8 Å². The van der Waals surface area contributed by atoms with Crippen LogP contribution in [0.25, 0.3) is 0 Å². The lowest BCUT2D eigenvalue weighted by Crippen LogP contribution is -3.00. The van der Waals surface area contributed by atoms with E-state index in [0.29, 0.717) is 5.92 Å². The van der Waals surface area contributed by atoms with Gasteiger partial charge in [-0.3, -0.25) is 4.79 Å². The lowest BCUT2D eigenvalue weighted by molar-refractivity contribution is -0.655. The number of carboxylic acids is 1. The van der Waals surface area contributed by atoms with Crippen LogP contribution < -0.4 is 17.7 Å². The Kier molecular flexibility index (Phi) is 15.5. The summed E-state index contributed by atoms with van der Waals surface area (Å²) in [6, 6.07) is 0. The molecule has 0 spiro atoms. The second kappa shape index (κ2) is 14.3. The molecule has 0 radical (unpaired) electrons. The third-order valence-corrected chi connectivity index (χ3v) is 2.82. The molecule has 0 aromatic heterocycles. The summed E-state index contributed by atoms with van der Waals surface area (Å²) >= 11 is 0. The lowest BCUT2D eigenvalue weighted by Gasteiger charge is -2.11. The zero-order valence-electron chi connectivity index (χ0n) is 11.1. The van der Waals surface area contributed by atoms with Gasteiger partial charge in [0.1, 0.15) is 0 Å². The van der Waals surface area contributed by atoms with E-state index >= 15 is 0 Å². The van der Waals surface area contributed by atoms with Crippen molar-refractivity contribution in [3.05, 3.63) is 25.3 Å². The minimum Gasteiger partial charge on any atom is -1.00 e. The zero-order valence-corrected chi connectivity index (χ0v) is 11.9. The summed E-state index contributed by atoms with van der Waals surface area (Å²) in [6.45, 7) is 9.54. The summed E-state index contributed by atoms with van der Waals surface area (Å²) in [5.41, 5.74) is 0. The molecule has 0 heterocycles. The van der Waals surface area contributed by atoms with Gasteiger partial charge in [0.15, 0.2) is 0 Å². The van der Waals surface area contributed by atoms with Gasteiger partial charge in [0, 0.05) is 6.42 Å². The van der Waals surface area contributed by atoms with E-state index in [-0.39, 0.29) is 18.8 Å². The van der Waals surface area contributed by atoms with Crippen molar-refractivity contribution in [2.75, 3.05) is 13.1 Å². The number of hydrogen-bond donors (Lipinski definition) is 2. The fraction of sp³-hybridized carbons (Fsp3) is 0.643. The molecule has 0 atom stereocenters. The molecule has 0 rings (SSSR count). The first-order chi connectivity index (χ1) is 8.20. The molecule has 3 nitrogen and oxygen atoms in total. The molecule has 0 fully saturated rings. The van der Waals surface area contributed by atoms with Crippen molar-refractivity contribution in [3.8, 4) is 0 Å². The average Bonchev–Trinajstić information content (AvgIpc) is 2.28. The summed E-state index contributed by atoms with van der Waals surface area (Å²) in [5.74, 6) is -0.0205. The number of hydrogen-bond acceptors (Lipinski definition) is 1. The first kappa shape index (κ1) is 19.5. The molecule has 0 saturated heterocycles. The quantitative estimate of drug-likeness (QED) is 0.353. The highest BCUT2D eigenvalue weighted by molar-refractivity contribution is 5.66. The molecule has 106 valence electrons. The number of quaternary nitrogens is 1. The molecular weight excluding hydrogens is 250 g/mol. The number of carboxylic acid groups (broad SMARTS) is 1. The molecule has 0 aliphatic rings. The van der Waals surface area contributed by atoms with E-state index in [1.807, 2.05) is 12.2 Å². The van der Waals surface area contributed by atoms with Crippen LogP contribution >= 0.6 is 0 Å². The Bertz CT molecular complexity index is 222. The molecule has 3 N–H and O–H groups in total. The van der Waals surface area contributed by atoms with Gasteiger partial charge in [-0.05, 0) is 31.6 Å². The number of rotatable bonds is 12. The summed E-state index contributed by atoms with van der Waals surface area (Å²) in [4.78, 5) is 10.3. The highest BCUT2D eigenvalue weighted by Gasteiger charge is 2.05. The van der Waals surface area contributed by atoms with Crippen LogP contribution in [0.3, 0.4) is 0 Å². The Morgan fingerprint density at radius 2 is 1.72 bits per heavy atom. The van der Waals surface area contributed by atoms with Crippen molar-refractivity contribution in [2.24, 2.45) is 5.92 Å². The van der Waals surface area contributed by atoms with Gasteiger partial charge in [0.25, 0.3) is 0 Å². The summed E-state index contributed by atoms with van der Waals surface area (Å²) in [6.07, 6.45) is 9.50. The zero-order chi connectivity index (χ0) is 12.9. The minimum absolute atomic E-state index is 0. The van der Waals surface area contributed by atoms with Crippen LogP contribution in [0.2, 0.25) is 0 Å². The standard InChI is InChI=1S/C14H25NO2.ClH/c1-3-7-13(8-4-2)9-5-11-15-12-6-10-14(16)17;/h3-4,13,15H,1-2,5-12H2,(H,16,17);1H. The first-order valence-corrected chi connectivity index (χ1v) is 6.46. The van der Waals surface area contributed by atoms with Crippen LogP contribution in [0, 0.1) is 5.92 Å². The molecule has 0 unspecified atom stereocenters. The molecular formula is C14H26ClNO2. The normalized spacial score (nSPS) is 9.83.